The quantitative estimate of drug-likeness (QED) is 0.782. The number of rotatable bonds is 4. The number of benzene rings is 2. The molecule has 0 aromatic heterocycles. The maximum absolute atomic E-state index is 13.8. The molecule has 0 bridgehead atoms. The summed E-state index contributed by atoms with van der Waals surface area (Å²) in [5.74, 6) is -3.30. The van der Waals surface area contributed by atoms with Crippen LogP contribution in [0.15, 0.2) is 42.5 Å². The number of hydrogen-bond acceptors (Lipinski definition) is 3. The van der Waals surface area contributed by atoms with Gasteiger partial charge in [-0.05, 0) is 36.4 Å². The molecule has 1 fully saturated rings. The maximum Gasteiger partial charge on any atom is 0.257 e. The van der Waals surface area contributed by atoms with Crippen molar-refractivity contribution in [2.75, 3.05) is 31.7 Å². The van der Waals surface area contributed by atoms with Crippen molar-refractivity contribution >= 4 is 35.0 Å². The molecule has 1 aliphatic heterocycles. The van der Waals surface area contributed by atoms with E-state index in [4.69, 9.17) is 11.6 Å². The second kappa shape index (κ2) is 7.93. The molecule has 3 amide bonds. The summed E-state index contributed by atoms with van der Waals surface area (Å²) in [5.41, 5.74) is 0.263. The van der Waals surface area contributed by atoms with Gasteiger partial charge in [-0.1, -0.05) is 11.6 Å². The topological polar surface area (TPSA) is 60.9 Å². The van der Waals surface area contributed by atoms with Gasteiger partial charge in [0.15, 0.2) is 0 Å². The molecule has 0 radical (unpaired) electrons. The molecule has 1 saturated heterocycles. The summed E-state index contributed by atoms with van der Waals surface area (Å²) in [5, 5.41) is 0.525. The monoisotopic (exact) mass is 407 g/mol. The summed E-state index contributed by atoms with van der Waals surface area (Å²) in [6, 6.07) is 9.20. The van der Waals surface area contributed by atoms with Gasteiger partial charge in [0.1, 0.15) is 24.8 Å². The minimum atomic E-state index is -1.01. The first-order valence-electron chi connectivity index (χ1n) is 8.30. The lowest BCUT2D eigenvalue weighted by atomic mass is 10.2. The zero-order valence-electron chi connectivity index (χ0n) is 14.9. The van der Waals surface area contributed by atoms with Gasteiger partial charge in [0.2, 0.25) is 11.8 Å². The molecule has 6 nitrogen and oxygen atoms in total. The minimum Gasteiger partial charge on any atom is -0.332 e. The van der Waals surface area contributed by atoms with Gasteiger partial charge in [0.25, 0.3) is 5.91 Å². The van der Waals surface area contributed by atoms with Crippen LogP contribution in [0.3, 0.4) is 0 Å². The molecule has 9 heteroatoms. The van der Waals surface area contributed by atoms with Crippen molar-refractivity contribution in [2.24, 2.45) is 0 Å². The van der Waals surface area contributed by atoms with Crippen LogP contribution in [0.4, 0.5) is 14.5 Å². The van der Waals surface area contributed by atoms with Crippen LogP contribution >= 0.6 is 11.6 Å². The lowest BCUT2D eigenvalue weighted by Gasteiger charge is -2.22. The molecular weight excluding hydrogens is 392 g/mol. The highest BCUT2D eigenvalue weighted by Gasteiger charge is 2.32. The lowest BCUT2D eigenvalue weighted by molar-refractivity contribution is -0.132. The van der Waals surface area contributed by atoms with Gasteiger partial charge in [-0.3, -0.25) is 19.3 Å². The van der Waals surface area contributed by atoms with E-state index in [0.717, 1.165) is 17.0 Å². The van der Waals surface area contributed by atoms with E-state index in [1.807, 2.05) is 0 Å². The van der Waals surface area contributed by atoms with Gasteiger partial charge in [0.05, 0.1) is 12.1 Å². The molecule has 0 aliphatic carbocycles. The van der Waals surface area contributed by atoms with Crippen molar-refractivity contribution in [3.63, 3.8) is 0 Å². The summed E-state index contributed by atoms with van der Waals surface area (Å²) in [7, 11) is 1.33. The predicted molar refractivity (Wildman–Crippen MR) is 98.8 cm³/mol. The molecule has 0 saturated carbocycles. The number of hydrogen-bond donors (Lipinski definition) is 0. The van der Waals surface area contributed by atoms with E-state index in [9.17, 15) is 23.2 Å². The fourth-order valence-electron chi connectivity index (χ4n) is 2.81. The summed E-state index contributed by atoms with van der Waals surface area (Å²) in [6.45, 7) is -0.446. The highest BCUT2D eigenvalue weighted by molar-refractivity contribution is 6.30. The van der Waals surface area contributed by atoms with E-state index in [1.54, 1.807) is 24.3 Å². The highest BCUT2D eigenvalue weighted by Crippen LogP contribution is 2.22. The van der Waals surface area contributed by atoms with Crippen LogP contribution in [0.5, 0.6) is 0 Å². The number of likely N-dealkylation sites (N-methyl/N-ethyl adjacent to an activating group) is 1. The summed E-state index contributed by atoms with van der Waals surface area (Å²) < 4.78 is 26.8. The third kappa shape index (κ3) is 4.12. The molecule has 0 atom stereocenters. The Morgan fingerprint density at radius 2 is 1.82 bits per heavy atom. The maximum atomic E-state index is 13.8. The molecule has 1 heterocycles. The van der Waals surface area contributed by atoms with E-state index >= 15 is 0 Å². The van der Waals surface area contributed by atoms with Gasteiger partial charge in [-0.25, -0.2) is 8.78 Å². The molecule has 0 N–H and O–H groups in total. The Balaban J connectivity index is 1.65. The Morgan fingerprint density at radius 1 is 1.14 bits per heavy atom. The van der Waals surface area contributed by atoms with Gasteiger partial charge >= 0.3 is 0 Å². The third-order valence-electron chi connectivity index (χ3n) is 4.31. The van der Waals surface area contributed by atoms with Gasteiger partial charge < -0.3 is 9.80 Å². The second-order valence-corrected chi connectivity index (χ2v) is 6.75. The average molecular weight is 408 g/mol. The normalized spacial score (nSPS) is 13.8. The van der Waals surface area contributed by atoms with E-state index in [0.29, 0.717) is 16.8 Å². The Hall–Kier alpha value is -3.00. The SMILES string of the molecule is CN(CC(=O)N1CC(=O)N(c2ccc(Cl)cc2)C1)C(=O)c1ccc(F)cc1F. The van der Waals surface area contributed by atoms with Crippen LogP contribution in [0.2, 0.25) is 5.02 Å². The summed E-state index contributed by atoms with van der Waals surface area (Å²) >= 11 is 5.84. The molecule has 1 aliphatic rings. The van der Waals surface area contributed by atoms with Crippen LogP contribution in [-0.2, 0) is 9.59 Å². The molecule has 0 unspecified atom stereocenters. The Morgan fingerprint density at radius 3 is 2.46 bits per heavy atom. The highest BCUT2D eigenvalue weighted by atomic mass is 35.5. The molecule has 2 aromatic rings. The first-order valence-corrected chi connectivity index (χ1v) is 8.68. The van der Waals surface area contributed by atoms with Crippen LogP contribution in [0, 0.1) is 11.6 Å². The smallest absolute Gasteiger partial charge is 0.257 e. The van der Waals surface area contributed by atoms with E-state index in [2.05, 4.69) is 0 Å². The first kappa shape index (κ1) is 19.8. The fraction of sp³-hybridized carbons (Fsp3) is 0.211. The molecule has 2 aromatic carbocycles. The number of anilines is 1. The lowest BCUT2D eigenvalue weighted by Crippen LogP contribution is -2.41. The average Bonchev–Trinajstić information content (AvgIpc) is 3.03. The predicted octanol–water partition coefficient (Wildman–Crippen LogP) is 2.52. The Kier molecular flexibility index (Phi) is 5.60. The number of carbonyl (C=O) groups is 3. The summed E-state index contributed by atoms with van der Waals surface area (Å²) in [6.07, 6.45) is 0. The number of carbonyl (C=O) groups excluding carboxylic acids is 3. The molecule has 28 heavy (non-hydrogen) atoms. The van der Waals surface area contributed by atoms with E-state index < -0.39 is 23.4 Å². The van der Waals surface area contributed by atoms with Crippen LogP contribution < -0.4 is 4.90 Å². The van der Waals surface area contributed by atoms with E-state index in [-0.39, 0.29) is 31.2 Å². The first-order chi connectivity index (χ1) is 13.3. The fourth-order valence-corrected chi connectivity index (χ4v) is 2.93. The van der Waals surface area contributed by atoms with Crippen LogP contribution in [0.25, 0.3) is 0 Å². The number of amides is 3. The van der Waals surface area contributed by atoms with Crippen LogP contribution in [-0.4, -0.2) is 54.3 Å². The number of nitrogens with zero attached hydrogens (tertiary/aromatic N) is 3. The number of halogens is 3. The van der Waals surface area contributed by atoms with Crippen molar-refractivity contribution in [2.45, 2.75) is 0 Å². The van der Waals surface area contributed by atoms with Crippen LogP contribution in [0.1, 0.15) is 10.4 Å². The zero-order chi connectivity index (χ0) is 20.4. The molecule has 0 spiro atoms. The zero-order valence-corrected chi connectivity index (χ0v) is 15.6. The van der Waals surface area contributed by atoms with Crippen molar-refractivity contribution < 1.29 is 23.2 Å². The van der Waals surface area contributed by atoms with Crippen molar-refractivity contribution in [3.05, 3.63) is 64.7 Å². The summed E-state index contributed by atoms with van der Waals surface area (Å²) in [4.78, 5) is 40.8. The van der Waals surface area contributed by atoms with Gasteiger partial charge in [-0.2, -0.15) is 0 Å². The Bertz CT molecular complexity index is 937. The van der Waals surface area contributed by atoms with E-state index in [1.165, 1.54) is 16.8 Å². The Labute approximate surface area is 164 Å². The molecular formula is C19H16ClF2N3O3. The van der Waals surface area contributed by atoms with Gasteiger partial charge in [0, 0.05) is 23.8 Å². The third-order valence-corrected chi connectivity index (χ3v) is 4.56. The molecule has 146 valence electrons. The second-order valence-electron chi connectivity index (χ2n) is 6.32. The van der Waals surface area contributed by atoms with Gasteiger partial charge in [-0.15, -0.1) is 0 Å². The molecule has 3 rings (SSSR count). The van der Waals surface area contributed by atoms with Crippen molar-refractivity contribution in [1.82, 2.24) is 9.80 Å². The largest absolute Gasteiger partial charge is 0.332 e. The van der Waals surface area contributed by atoms with Crippen molar-refractivity contribution in [1.29, 1.82) is 0 Å². The van der Waals surface area contributed by atoms with Crippen molar-refractivity contribution in [3.8, 4) is 0 Å². The standard InChI is InChI=1S/C19H16ClF2N3O3/c1-23(19(28)15-7-4-13(21)8-16(15)22)9-17(26)24-10-18(27)25(11-24)14-5-2-12(20)3-6-14/h2-8H,9-11H2,1H3. The minimum absolute atomic E-state index is 0.0340.